The molecule has 0 aliphatic heterocycles. The van der Waals surface area contributed by atoms with E-state index < -0.39 is 0 Å². The maximum absolute atomic E-state index is 12.8. The summed E-state index contributed by atoms with van der Waals surface area (Å²) in [6, 6.07) is 6.63. The Morgan fingerprint density at radius 3 is 2.86 bits per heavy atom. The van der Waals surface area contributed by atoms with Crippen LogP contribution in [0.1, 0.15) is 18.4 Å². The second kappa shape index (κ2) is 3.67. The molecule has 3 heteroatoms. The number of hydrogen-bond donors (Lipinski definition) is 2. The van der Waals surface area contributed by atoms with Gasteiger partial charge >= 0.3 is 0 Å². The molecule has 0 amide bonds. The predicted molar refractivity (Wildman–Crippen MR) is 54.3 cm³/mol. The lowest BCUT2D eigenvalue weighted by Gasteiger charge is -2.09. The van der Waals surface area contributed by atoms with Crippen LogP contribution in [0.3, 0.4) is 0 Å². The zero-order valence-electron chi connectivity index (χ0n) is 8.09. The Balaban J connectivity index is 1.80. The van der Waals surface area contributed by atoms with Gasteiger partial charge in [0.1, 0.15) is 5.82 Å². The molecule has 0 saturated heterocycles. The van der Waals surface area contributed by atoms with Crippen molar-refractivity contribution >= 4 is 0 Å². The van der Waals surface area contributed by atoms with Crippen molar-refractivity contribution in [2.24, 2.45) is 5.73 Å². The van der Waals surface area contributed by atoms with Crippen LogP contribution in [0.2, 0.25) is 0 Å². The van der Waals surface area contributed by atoms with Gasteiger partial charge in [-0.2, -0.15) is 0 Å². The van der Waals surface area contributed by atoms with E-state index in [1.807, 2.05) is 6.07 Å². The topological polar surface area (TPSA) is 38.0 Å². The van der Waals surface area contributed by atoms with Crippen molar-refractivity contribution < 1.29 is 4.39 Å². The van der Waals surface area contributed by atoms with E-state index in [0.717, 1.165) is 24.9 Å². The molecule has 0 heterocycles. The van der Waals surface area contributed by atoms with Crippen LogP contribution in [0.5, 0.6) is 0 Å². The standard InChI is InChI=1S/C11H15FN2/c12-10-3-1-2-9(6-10)7-14-8-11(13)4-5-11/h1-3,6,14H,4-5,7-8,13H2. The molecule has 76 valence electrons. The fourth-order valence-electron chi connectivity index (χ4n) is 1.44. The third-order valence-electron chi connectivity index (χ3n) is 2.59. The van der Waals surface area contributed by atoms with E-state index in [4.69, 9.17) is 5.73 Å². The van der Waals surface area contributed by atoms with Gasteiger partial charge in [-0.25, -0.2) is 4.39 Å². The molecule has 0 radical (unpaired) electrons. The first-order valence-electron chi connectivity index (χ1n) is 4.92. The largest absolute Gasteiger partial charge is 0.324 e. The third kappa shape index (κ3) is 2.53. The Hall–Kier alpha value is -0.930. The van der Waals surface area contributed by atoms with Gasteiger partial charge in [-0.3, -0.25) is 0 Å². The summed E-state index contributed by atoms with van der Waals surface area (Å²) in [6.07, 6.45) is 2.20. The van der Waals surface area contributed by atoms with Crippen molar-refractivity contribution in [3.05, 3.63) is 35.6 Å². The average molecular weight is 194 g/mol. The van der Waals surface area contributed by atoms with E-state index in [-0.39, 0.29) is 11.4 Å². The summed E-state index contributed by atoms with van der Waals surface area (Å²) in [7, 11) is 0. The van der Waals surface area contributed by atoms with E-state index in [2.05, 4.69) is 5.32 Å². The van der Waals surface area contributed by atoms with Gasteiger partial charge in [0.25, 0.3) is 0 Å². The highest BCUT2D eigenvalue weighted by Gasteiger charge is 2.37. The van der Waals surface area contributed by atoms with Crippen molar-refractivity contribution in [3.63, 3.8) is 0 Å². The third-order valence-corrected chi connectivity index (χ3v) is 2.59. The fraction of sp³-hybridized carbons (Fsp3) is 0.455. The molecular weight excluding hydrogens is 179 g/mol. The Morgan fingerprint density at radius 2 is 2.21 bits per heavy atom. The summed E-state index contributed by atoms with van der Waals surface area (Å²) in [5, 5.41) is 3.24. The average Bonchev–Trinajstić information content (AvgIpc) is 2.84. The van der Waals surface area contributed by atoms with Gasteiger partial charge in [0.15, 0.2) is 0 Å². The monoisotopic (exact) mass is 194 g/mol. The molecule has 2 nitrogen and oxygen atoms in total. The molecular formula is C11H15FN2. The molecule has 0 atom stereocenters. The molecule has 1 fully saturated rings. The van der Waals surface area contributed by atoms with Crippen molar-refractivity contribution in [1.29, 1.82) is 0 Å². The summed E-state index contributed by atoms with van der Waals surface area (Å²) in [5.74, 6) is -0.182. The first kappa shape index (κ1) is 9.62. The highest BCUT2D eigenvalue weighted by atomic mass is 19.1. The molecule has 0 spiro atoms. The van der Waals surface area contributed by atoms with Crippen LogP contribution in [-0.4, -0.2) is 12.1 Å². The molecule has 1 aromatic rings. The summed E-state index contributed by atoms with van der Waals surface area (Å²) in [6.45, 7) is 1.51. The van der Waals surface area contributed by atoms with Crippen LogP contribution in [0, 0.1) is 5.82 Å². The molecule has 1 aromatic carbocycles. The molecule has 0 aromatic heterocycles. The first-order valence-corrected chi connectivity index (χ1v) is 4.92. The van der Waals surface area contributed by atoms with Crippen molar-refractivity contribution in [2.45, 2.75) is 24.9 Å². The quantitative estimate of drug-likeness (QED) is 0.760. The van der Waals surface area contributed by atoms with Crippen molar-refractivity contribution in [3.8, 4) is 0 Å². The van der Waals surface area contributed by atoms with Gasteiger partial charge in [-0.1, -0.05) is 12.1 Å². The zero-order chi connectivity index (χ0) is 10.0. The van der Waals surface area contributed by atoms with Gasteiger partial charge in [-0.15, -0.1) is 0 Å². The molecule has 1 aliphatic rings. The van der Waals surface area contributed by atoms with Gasteiger partial charge in [0.2, 0.25) is 0 Å². The summed E-state index contributed by atoms with van der Waals surface area (Å²) in [5.41, 5.74) is 6.89. The minimum atomic E-state index is -0.182. The molecule has 0 bridgehead atoms. The van der Waals surface area contributed by atoms with E-state index in [0.29, 0.717) is 6.54 Å². The van der Waals surface area contributed by atoms with Crippen LogP contribution in [0.15, 0.2) is 24.3 Å². The van der Waals surface area contributed by atoms with E-state index in [9.17, 15) is 4.39 Å². The summed E-state index contributed by atoms with van der Waals surface area (Å²) >= 11 is 0. The maximum atomic E-state index is 12.8. The number of halogens is 1. The SMILES string of the molecule is NC1(CNCc2cccc(F)c2)CC1. The van der Waals surface area contributed by atoms with Gasteiger partial charge in [-0.05, 0) is 30.5 Å². The highest BCUT2D eigenvalue weighted by Crippen LogP contribution is 2.30. The molecule has 14 heavy (non-hydrogen) atoms. The fourth-order valence-corrected chi connectivity index (χ4v) is 1.44. The van der Waals surface area contributed by atoms with E-state index in [1.165, 1.54) is 6.07 Å². The van der Waals surface area contributed by atoms with E-state index >= 15 is 0 Å². The second-order valence-electron chi connectivity index (χ2n) is 4.10. The van der Waals surface area contributed by atoms with Crippen molar-refractivity contribution in [2.75, 3.05) is 6.54 Å². The lowest BCUT2D eigenvalue weighted by molar-refractivity contribution is 0.566. The smallest absolute Gasteiger partial charge is 0.123 e. The van der Waals surface area contributed by atoms with E-state index in [1.54, 1.807) is 12.1 Å². The summed E-state index contributed by atoms with van der Waals surface area (Å²) < 4.78 is 12.8. The Morgan fingerprint density at radius 1 is 1.43 bits per heavy atom. The van der Waals surface area contributed by atoms with Crippen LogP contribution < -0.4 is 11.1 Å². The molecule has 3 N–H and O–H groups in total. The number of benzene rings is 1. The second-order valence-corrected chi connectivity index (χ2v) is 4.10. The molecule has 1 saturated carbocycles. The number of hydrogen-bond acceptors (Lipinski definition) is 2. The summed E-state index contributed by atoms with van der Waals surface area (Å²) in [4.78, 5) is 0. The van der Waals surface area contributed by atoms with Gasteiger partial charge < -0.3 is 11.1 Å². The minimum absolute atomic E-state index is 0.0212. The molecule has 2 rings (SSSR count). The highest BCUT2D eigenvalue weighted by molar-refractivity contribution is 5.16. The Labute approximate surface area is 83.3 Å². The molecule has 1 aliphatic carbocycles. The van der Waals surface area contributed by atoms with Gasteiger partial charge in [0, 0.05) is 18.6 Å². The number of rotatable bonds is 4. The maximum Gasteiger partial charge on any atom is 0.123 e. The Bertz CT molecular complexity index is 321. The lowest BCUT2D eigenvalue weighted by atomic mass is 10.2. The molecule has 0 unspecified atom stereocenters. The normalized spacial score (nSPS) is 18.1. The van der Waals surface area contributed by atoms with Crippen LogP contribution >= 0.6 is 0 Å². The zero-order valence-corrected chi connectivity index (χ0v) is 8.09. The first-order chi connectivity index (χ1) is 6.68. The number of nitrogens with two attached hydrogens (primary N) is 1. The lowest BCUT2D eigenvalue weighted by Crippen LogP contribution is -2.35. The predicted octanol–water partition coefficient (Wildman–Crippen LogP) is 1.41. The van der Waals surface area contributed by atoms with Crippen molar-refractivity contribution in [1.82, 2.24) is 5.32 Å². The van der Waals surface area contributed by atoms with Gasteiger partial charge in [0.05, 0.1) is 0 Å². The van der Waals surface area contributed by atoms with Crippen LogP contribution in [-0.2, 0) is 6.54 Å². The Kier molecular flexibility index (Phi) is 2.52. The number of nitrogens with one attached hydrogen (secondary N) is 1. The van der Waals surface area contributed by atoms with Crippen LogP contribution in [0.4, 0.5) is 4.39 Å². The van der Waals surface area contributed by atoms with Crippen LogP contribution in [0.25, 0.3) is 0 Å². The minimum Gasteiger partial charge on any atom is -0.324 e.